The lowest BCUT2D eigenvalue weighted by atomic mass is 9.79. The fourth-order valence-electron chi connectivity index (χ4n) is 7.01. The summed E-state index contributed by atoms with van der Waals surface area (Å²) in [5, 5.41) is 16.3. The normalized spacial score (nSPS) is 25.9. The maximum absolute atomic E-state index is 16.4. The van der Waals surface area contributed by atoms with E-state index in [0.717, 1.165) is 18.5 Å². The molecule has 7 rings (SSSR count). The predicted molar refractivity (Wildman–Crippen MR) is 144 cm³/mol. The van der Waals surface area contributed by atoms with Gasteiger partial charge in [-0.1, -0.05) is 41.9 Å². The van der Waals surface area contributed by atoms with Gasteiger partial charge >= 0.3 is 0 Å². The summed E-state index contributed by atoms with van der Waals surface area (Å²) in [6, 6.07) is 12.7. The number of rotatable bonds is 4. The summed E-state index contributed by atoms with van der Waals surface area (Å²) in [4.78, 5) is 13.1. The molecule has 39 heavy (non-hydrogen) atoms. The summed E-state index contributed by atoms with van der Waals surface area (Å²) in [6.45, 7) is 0.899. The molecular weight excluding hydrogens is 522 g/mol. The van der Waals surface area contributed by atoms with E-state index in [1.54, 1.807) is 6.07 Å². The monoisotopic (exact) mass is 550 g/mol. The lowest BCUT2D eigenvalue weighted by molar-refractivity contribution is 0.0521. The smallest absolute Gasteiger partial charge is 0.251 e. The van der Waals surface area contributed by atoms with Gasteiger partial charge in [0.25, 0.3) is 5.91 Å². The van der Waals surface area contributed by atoms with Gasteiger partial charge in [0.15, 0.2) is 5.60 Å². The number of aliphatic hydroxyl groups excluding tert-OH is 1. The van der Waals surface area contributed by atoms with Crippen LogP contribution in [0.25, 0.3) is 11.1 Å². The Morgan fingerprint density at radius 2 is 1.90 bits per heavy atom. The third-order valence-corrected chi connectivity index (χ3v) is 9.61. The summed E-state index contributed by atoms with van der Waals surface area (Å²) >= 11 is 6.64. The standard InChI is InChI=1S/C31H29ClF2N2O3/c1-35-29(38)20-10-16-9-18(37)11-19(16)28(34)26(20)25-21-13-31(17-5-3-2-4-6-17,24-14-30(7-8-30)15-36-24)39-23(21)12-22(33)27(25)32/h2-6,10,12,18,24,36-37H,7-9,11,13-15H2,1H3,(H,35,38)/t18?,24-,31-/m0/s1. The van der Waals surface area contributed by atoms with Crippen molar-refractivity contribution in [1.29, 1.82) is 0 Å². The van der Waals surface area contributed by atoms with E-state index in [1.807, 2.05) is 30.3 Å². The van der Waals surface area contributed by atoms with Crippen molar-refractivity contribution in [3.8, 4) is 16.9 Å². The van der Waals surface area contributed by atoms with Crippen molar-refractivity contribution in [1.82, 2.24) is 10.6 Å². The average molecular weight is 551 g/mol. The molecule has 0 aromatic heterocycles. The Kier molecular flexibility index (Phi) is 5.61. The van der Waals surface area contributed by atoms with Crippen LogP contribution in [0.3, 0.4) is 0 Å². The number of carbonyl (C=O) groups is 1. The quantitative estimate of drug-likeness (QED) is 0.424. The molecule has 3 aromatic carbocycles. The largest absolute Gasteiger partial charge is 0.480 e. The third-order valence-electron chi connectivity index (χ3n) is 9.24. The lowest BCUT2D eigenvalue weighted by Crippen LogP contribution is -2.48. The summed E-state index contributed by atoms with van der Waals surface area (Å²) in [5.74, 6) is -1.60. The van der Waals surface area contributed by atoms with Crippen molar-refractivity contribution in [2.45, 2.75) is 56.3 Å². The van der Waals surface area contributed by atoms with Crippen LogP contribution in [0.1, 0.15) is 51.9 Å². The molecule has 0 bridgehead atoms. The highest BCUT2D eigenvalue weighted by Gasteiger charge is 2.58. The first-order chi connectivity index (χ1) is 18.7. The molecule has 3 N–H and O–H groups in total. The van der Waals surface area contributed by atoms with Crippen molar-refractivity contribution in [2.24, 2.45) is 5.41 Å². The van der Waals surface area contributed by atoms with Gasteiger partial charge in [0.05, 0.1) is 22.7 Å². The van der Waals surface area contributed by atoms with E-state index in [4.69, 9.17) is 16.3 Å². The van der Waals surface area contributed by atoms with Crippen LogP contribution in [0.2, 0.25) is 5.02 Å². The third kappa shape index (κ3) is 3.74. The maximum atomic E-state index is 16.4. The van der Waals surface area contributed by atoms with Gasteiger partial charge < -0.3 is 20.5 Å². The van der Waals surface area contributed by atoms with Gasteiger partial charge in [-0.05, 0) is 53.9 Å². The summed E-state index contributed by atoms with van der Waals surface area (Å²) in [6.07, 6.45) is 3.23. The number of benzene rings is 3. The molecule has 2 heterocycles. The molecule has 2 aliphatic carbocycles. The van der Waals surface area contributed by atoms with E-state index in [-0.39, 0.29) is 46.0 Å². The highest BCUT2D eigenvalue weighted by molar-refractivity contribution is 6.34. The van der Waals surface area contributed by atoms with E-state index in [0.29, 0.717) is 28.9 Å². The van der Waals surface area contributed by atoms with E-state index in [1.165, 1.54) is 26.0 Å². The van der Waals surface area contributed by atoms with Crippen LogP contribution in [0.5, 0.6) is 5.75 Å². The van der Waals surface area contributed by atoms with Crippen LogP contribution in [0, 0.1) is 17.0 Å². The van der Waals surface area contributed by atoms with Crippen LogP contribution in [0.15, 0.2) is 42.5 Å². The molecule has 1 saturated heterocycles. The highest BCUT2D eigenvalue weighted by atomic mass is 35.5. The number of aliphatic hydroxyl groups is 1. The molecular formula is C31H29ClF2N2O3. The van der Waals surface area contributed by atoms with Gasteiger partial charge in [0, 0.05) is 49.2 Å². The van der Waals surface area contributed by atoms with Gasteiger partial charge in [0.2, 0.25) is 0 Å². The Morgan fingerprint density at radius 1 is 1.13 bits per heavy atom. The first kappa shape index (κ1) is 25.0. The molecule has 4 aliphatic rings. The van der Waals surface area contributed by atoms with Gasteiger partial charge in [-0.3, -0.25) is 4.79 Å². The Hall–Kier alpha value is -3.00. The fourth-order valence-corrected chi connectivity index (χ4v) is 7.27. The van der Waals surface area contributed by atoms with Crippen molar-refractivity contribution in [3.05, 3.63) is 86.9 Å². The van der Waals surface area contributed by atoms with Crippen LogP contribution < -0.4 is 15.4 Å². The van der Waals surface area contributed by atoms with Crippen LogP contribution in [0.4, 0.5) is 8.78 Å². The second-order valence-electron chi connectivity index (χ2n) is 11.6. The molecule has 3 atom stereocenters. The van der Waals surface area contributed by atoms with Crippen molar-refractivity contribution in [3.63, 3.8) is 0 Å². The van der Waals surface area contributed by atoms with E-state index in [9.17, 15) is 9.90 Å². The Labute approximate surface area is 230 Å². The topological polar surface area (TPSA) is 70.6 Å². The number of fused-ring (bicyclic) bond motifs is 2. The molecule has 202 valence electrons. The number of nitrogens with one attached hydrogen (secondary N) is 2. The van der Waals surface area contributed by atoms with Gasteiger partial charge in [-0.2, -0.15) is 0 Å². The number of ether oxygens (including phenoxy) is 1. The number of hydrogen-bond donors (Lipinski definition) is 3. The lowest BCUT2D eigenvalue weighted by Gasteiger charge is -2.35. The zero-order valence-electron chi connectivity index (χ0n) is 21.5. The minimum Gasteiger partial charge on any atom is -0.480 e. The number of amides is 1. The Balaban J connectivity index is 1.45. The van der Waals surface area contributed by atoms with Crippen LogP contribution >= 0.6 is 11.6 Å². The van der Waals surface area contributed by atoms with Crippen molar-refractivity contribution in [2.75, 3.05) is 13.6 Å². The molecule has 3 aromatic rings. The summed E-state index contributed by atoms with van der Waals surface area (Å²) in [5.41, 5.74) is 2.01. The van der Waals surface area contributed by atoms with Crippen molar-refractivity contribution >= 4 is 17.5 Å². The zero-order chi connectivity index (χ0) is 27.1. The van der Waals surface area contributed by atoms with Gasteiger partial charge in [-0.25, -0.2) is 8.78 Å². The van der Waals surface area contributed by atoms with Crippen LogP contribution in [-0.4, -0.2) is 36.8 Å². The molecule has 2 fully saturated rings. The predicted octanol–water partition coefficient (Wildman–Crippen LogP) is 5.08. The second kappa shape index (κ2) is 8.75. The first-order valence-corrected chi connectivity index (χ1v) is 13.9. The molecule has 1 amide bonds. The zero-order valence-corrected chi connectivity index (χ0v) is 22.3. The number of carbonyl (C=O) groups excluding carboxylic acids is 1. The molecule has 8 heteroatoms. The minimum atomic E-state index is -0.849. The SMILES string of the molecule is CNC(=O)c1cc2c(c(F)c1-c1c(Cl)c(F)cc3c1C[C@](c1ccccc1)([C@@H]1CC4(CC4)CN1)O3)CC(O)C2. The second-order valence-corrected chi connectivity index (χ2v) is 12.0. The minimum absolute atomic E-state index is 0.0390. The molecule has 5 nitrogen and oxygen atoms in total. The molecule has 1 spiro atoms. The molecule has 0 radical (unpaired) electrons. The number of halogens is 3. The van der Waals surface area contributed by atoms with Crippen molar-refractivity contribution < 1.29 is 23.4 Å². The van der Waals surface area contributed by atoms with Gasteiger partial charge in [0.1, 0.15) is 17.4 Å². The summed E-state index contributed by atoms with van der Waals surface area (Å²) < 4.78 is 38.6. The van der Waals surface area contributed by atoms with Crippen LogP contribution in [-0.2, 0) is 24.9 Å². The molecule has 1 saturated carbocycles. The molecule has 2 aliphatic heterocycles. The van der Waals surface area contributed by atoms with E-state index < -0.39 is 29.2 Å². The number of hydrogen-bond acceptors (Lipinski definition) is 4. The van der Waals surface area contributed by atoms with E-state index in [2.05, 4.69) is 10.6 Å². The maximum Gasteiger partial charge on any atom is 0.251 e. The van der Waals surface area contributed by atoms with E-state index >= 15 is 8.78 Å². The highest BCUT2D eigenvalue weighted by Crippen LogP contribution is 2.58. The van der Waals surface area contributed by atoms with Gasteiger partial charge in [-0.15, -0.1) is 0 Å². The molecule has 1 unspecified atom stereocenters. The first-order valence-electron chi connectivity index (χ1n) is 13.5. The Bertz CT molecular complexity index is 1520. The summed E-state index contributed by atoms with van der Waals surface area (Å²) in [7, 11) is 1.46. The average Bonchev–Trinajstić information content (AvgIpc) is 3.22. The fraction of sp³-hybridized carbons (Fsp3) is 0.387. The Morgan fingerprint density at radius 3 is 2.59 bits per heavy atom.